The zero-order valence-electron chi connectivity index (χ0n) is 10.4. The molecule has 0 radical (unpaired) electrons. The van der Waals surface area contributed by atoms with E-state index in [2.05, 4.69) is 4.98 Å². The smallest absolute Gasteiger partial charge is 0.328 e. The number of fused-ring (bicyclic) bond motifs is 1. The van der Waals surface area contributed by atoms with E-state index in [-0.39, 0.29) is 5.82 Å². The Bertz CT molecular complexity index is 601. The maximum atomic E-state index is 12.3. The molecule has 0 atom stereocenters. The van der Waals surface area contributed by atoms with Gasteiger partial charge < -0.3 is 4.57 Å². The number of aromatic nitrogens is 2. The highest BCUT2D eigenvalue weighted by atomic mass is 19.4. The molecule has 102 valence electrons. The number of halogens is 3. The van der Waals surface area contributed by atoms with E-state index in [1.54, 1.807) is 28.8 Å². The molecular weight excluding hydrogens is 257 g/mol. The van der Waals surface area contributed by atoms with E-state index in [0.29, 0.717) is 12.1 Å². The normalized spacial score (nSPS) is 12.0. The largest absolute Gasteiger partial charge is 0.450 e. The molecule has 19 heavy (non-hydrogen) atoms. The Morgan fingerprint density at radius 1 is 1.32 bits per heavy atom. The molecule has 2 rings (SSSR count). The number of para-hydroxylation sites is 2. The molecule has 0 saturated carbocycles. The Morgan fingerprint density at radius 3 is 2.63 bits per heavy atom. The first-order chi connectivity index (χ1) is 8.93. The van der Waals surface area contributed by atoms with Crippen LogP contribution in [-0.4, -0.2) is 21.5 Å². The van der Waals surface area contributed by atoms with Gasteiger partial charge in [-0.25, -0.2) is 4.98 Å². The molecule has 0 fully saturated rings. The number of carbonyl (C=O) groups is 1. The van der Waals surface area contributed by atoms with Crippen molar-refractivity contribution in [3.63, 3.8) is 0 Å². The number of alkyl halides is 3. The predicted octanol–water partition coefficient (Wildman–Crippen LogP) is 3.12. The summed E-state index contributed by atoms with van der Waals surface area (Å²) in [5, 5.41) is 0. The second-order valence-electron chi connectivity index (χ2n) is 4.27. The highest BCUT2D eigenvalue weighted by molar-refractivity contribution is 5.86. The molecule has 1 heterocycles. The van der Waals surface area contributed by atoms with Crippen molar-refractivity contribution >= 4 is 16.8 Å². The standard InChI is InChI=1S/C13H13F3N2O/c1-2-7-18-10-6-4-3-5-9(10)17-12(18)8-11(19)13(14,15)16/h3-6H,2,7-8H2,1H3. The van der Waals surface area contributed by atoms with Gasteiger partial charge in [0.15, 0.2) is 0 Å². The van der Waals surface area contributed by atoms with E-state index in [9.17, 15) is 18.0 Å². The summed E-state index contributed by atoms with van der Waals surface area (Å²) in [4.78, 5) is 15.2. The quantitative estimate of drug-likeness (QED) is 0.855. The summed E-state index contributed by atoms with van der Waals surface area (Å²) < 4.78 is 38.6. The number of carbonyl (C=O) groups excluding carboxylic acids is 1. The van der Waals surface area contributed by atoms with Gasteiger partial charge >= 0.3 is 6.18 Å². The van der Waals surface area contributed by atoms with Gasteiger partial charge in [-0.1, -0.05) is 19.1 Å². The molecule has 6 heteroatoms. The van der Waals surface area contributed by atoms with Gasteiger partial charge in [-0.2, -0.15) is 13.2 Å². The Morgan fingerprint density at radius 2 is 2.00 bits per heavy atom. The Labute approximate surface area is 108 Å². The van der Waals surface area contributed by atoms with Crippen molar-refractivity contribution in [2.45, 2.75) is 32.5 Å². The fourth-order valence-corrected chi connectivity index (χ4v) is 1.98. The third-order valence-electron chi connectivity index (χ3n) is 2.82. The van der Waals surface area contributed by atoms with E-state index in [1.807, 2.05) is 6.92 Å². The number of nitrogens with zero attached hydrogens (tertiary/aromatic N) is 2. The average Bonchev–Trinajstić information content (AvgIpc) is 2.67. The first-order valence-electron chi connectivity index (χ1n) is 5.97. The second kappa shape index (κ2) is 5.03. The Kier molecular flexibility index (Phi) is 3.59. The molecule has 0 aliphatic carbocycles. The van der Waals surface area contributed by atoms with Crippen LogP contribution in [0.15, 0.2) is 24.3 Å². The van der Waals surface area contributed by atoms with Crippen LogP contribution in [0.5, 0.6) is 0 Å². The van der Waals surface area contributed by atoms with Crippen LogP contribution in [0, 0.1) is 0 Å². The van der Waals surface area contributed by atoms with Gasteiger partial charge in [0.25, 0.3) is 0 Å². The van der Waals surface area contributed by atoms with Crippen molar-refractivity contribution in [1.29, 1.82) is 0 Å². The lowest BCUT2D eigenvalue weighted by Crippen LogP contribution is -2.26. The van der Waals surface area contributed by atoms with Crippen molar-refractivity contribution in [3.05, 3.63) is 30.1 Å². The van der Waals surface area contributed by atoms with E-state index in [0.717, 1.165) is 11.9 Å². The van der Waals surface area contributed by atoms with Crippen LogP contribution in [0.25, 0.3) is 11.0 Å². The summed E-state index contributed by atoms with van der Waals surface area (Å²) in [6, 6.07) is 7.08. The second-order valence-corrected chi connectivity index (χ2v) is 4.27. The molecule has 0 unspecified atom stereocenters. The van der Waals surface area contributed by atoms with Gasteiger partial charge in [0, 0.05) is 6.54 Å². The molecule has 0 N–H and O–H groups in total. The van der Waals surface area contributed by atoms with Gasteiger partial charge in [0.1, 0.15) is 5.82 Å². The van der Waals surface area contributed by atoms with Crippen LogP contribution < -0.4 is 0 Å². The van der Waals surface area contributed by atoms with Crippen LogP contribution in [-0.2, 0) is 17.8 Å². The number of rotatable bonds is 4. The number of ketones is 1. The molecule has 0 aliphatic rings. The maximum Gasteiger partial charge on any atom is 0.450 e. The van der Waals surface area contributed by atoms with Crippen LogP contribution in [0.4, 0.5) is 13.2 Å². The molecule has 0 aliphatic heterocycles. The third kappa shape index (κ3) is 2.77. The van der Waals surface area contributed by atoms with Crippen molar-refractivity contribution < 1.29 is 18.0 Å². The monoisotopic (exact) mass is 270 g/mol. The molecule has 1 aromatic carbocycles. The highest BCUT2D eigenvalue weighted by Crippen LogP contribution is 2.21. The summed E-state index contributed by atoms with van der Waals surface area (Å²) in [6.45, 7) is 2.46. The van der Waals surface area contributed by atoms with Crippen molar-refractivity contribution in [2.75, 3.05) is 0 Å². The molecule has 0 amide bonds. The molecule has 2 aromatic rings. The lowest BCUT2D eigenvalue weighted by Gasteiger charge is -2.08. The van der Waals surface area contributed by atoms with Gasteiger partial charge in [-0.3, -0.25) is 4.79 Å². The van der Waals surface area contributed by atoms with E-state index >= 15 is 0 Å². The minimum absolute atomic E-state index is 0.172. The zero-order valence-corrected chi connectivity index (χ0v) is 10.4. The predicted molar refractivity (Wildman–Crippen MR) is 64.8 cm³/mol. The fourth-order valence-electron chi connectivity index (χ4n) is 1.98. The summed E-state index contributed by atoms with van der Waals surface area (Å²) in [5.74, 6) is -1.59. The van der Waals surface area contributed by atoms with E-state index in [1.165, 1.54) is 0 Å². The summed E-state index contributed by atoms with van der Waals surface area (Å²) in [7, 11) is 0. The van der Waals surface area contributed by atoms with Crippen molar-refractivity contribution in [2.24, 2.45) is 0 Å². The fraction of sp³-hybridized carbons (Fsp3) is 0.385. The summed E-state index contributed by atoms with van der Waals surface area (Å²) >= 11 is 0. The van der Waals surface area contributed by atoms with Crippen LogP contribution >= 0.6 is 0 Å². The topological polar surface area (TPSA) is 34.9 Å². The summed E-state index contributed by atoms with van der Waals surface area (Å²) in [6.07, 6.45) is -4.76. The molecule has 1 aromatic heterocycles. The number of hydrogen-bond donors (Lipinski definition) is 0. The minimum Gasteiger partial charge on any atom is -0.328 e. The Balaban J connectivity index is 2.42. The average molecular weight is 270 g/mol. The maximum absolute atomic E-state index is 12.3. The minimum atomic E-state index is -4.81. The number of imidazole rings is 1. The summed E-state index contributed by atoms with van der Waals surface area (Å²) in [5.41, 5.74) is 1.37. The number of benzene rings is 1. The lowest BCUT2D eigenvalue weighted by atomic mass is 10.2. The molecule has 0 bridgehead atoms. The Hall–Kier alpha value is -1.85. The molecular formula is C13H13F3N2O. The van der Waals surface area contributed by atoms with Crippen molar-refractivity contribution in [3.8, 4) is 0 Å². The lowest BCUT2D eigenvalue weighted by molar-refractivity contribution is -0.170. The third-order valence-corrected chi connectivity index (χ3v) is 2.82. The molecule has 0 saturated heterocycles. The SMILES string of the molecule is CCCn1c(CC(=O)C(F)(F)F)nc2ccccc21. The van der Waals surface area contributed by atoms with Crippen LogP contribution in [0.2, 0.25) is 0 Å². The van der Waals surface area contributed by atoms with Gasteiger partial charge in [-0.05, 0) is 18.6 Å². The van der Waals surface area contributed by atoms with Gasteiger partial charge in [0.2, 0.25) is 5.78 Å². The van der Waals surface area contributed by atoms with Crippen LogP contribution in [0.1, 0.15) is 19.2 Å². The first kappa shape index (κ1) is 13.6. The van der Waals surface area contributed by atoms with Gasteiger partial charge in [-0.15, -0.1) is 0 Å². The zero-order chi connectivity index (χ0) is 14.0. The number of hydrogen-bond acceptors (Lipinski definition) is 2. The molecule has 3 nitrogen and oxygen atoms in total. The number of aryl methyl sites for hydroxylation is 1. The van der Waals surface area contributed by atoms with Crippen molar-refractivity contribution in [1.82, 2.24) is 9.55 Å². The van der Waals surface area contributed by atoms with E-state index < -0.39 is 18.4 Å². The highest BCUT2D eigenvalue weighted by Gasteiger charge is 2.38. The van der Waals surface area contributed by atoms with E-state index in [4.69, 9.17) is 0 Å². The van der Waals surface area contributed by atoms with Gasteiger partial charge in [0.05, 0.1) is 17.5 Å². The molecule has 0 spiro atoms. The van der Waals surface area contributed by atoms with Crippen LogP contribution in [0.3, 0.4) is 0 Å². The number of Topliss-reactive ketones (excluding diaryl/α,β-unsaturated/α-hetero) is 1. The first-order valence-corrected chi connectivity index (χ1v) is 5.97.